The van der Waals surface area contributed by atoms with Crippen molar-refractivity contribution in [3.63, 3.8) is 0 Å². The third-order valence-corrected chi connectivity index (χ3v) is 9.98. The molecule has 5 aromatic rings. The molecule has 7 rings (SSSR count). The molecule has 2 aromatic carbocycles. The van der Waals surface area contributed by atoms with Gasteiger partial charge in [0, 0.05) is 53.5 Å². The molecule has 11 heteroatoms. The fourth-order valence-corrected chi connectivity index (χ4v) is 6.88. The number of halogens is 2. The average molecular weight is 660 g/mol. The third kappa shape index (κ3) is 5.99. The van der Waals surface area contributed by atoms with Crippen LogP contribution in [0.4, 0.5) is 0 Å². The minimum absolute atomic E-state index is 0.201. The maximum atomic E-state index is 9.59. The minimum atomic E-state index is -0.209. The third-order valence-electron chi connectivity index (χ3n) is 9.17. The highest BCUT2D eigenvalue weighted by Crippen LogP contribution is 2.42. The van der Waals surface area contributed by atoms with Crippen molar-refractivity contribution in [1.29, 1.82) is 0 Å². The summed E-state index contributed by atoms with van der Waals surface area (Å²) in [5.74, 6) is 1.42. The van der Waals surface area contributed by atoms with E-state index >= 15 is 0 Å². The van der Waals surface area contributed by atoms with Gasteiger partial charge in [0.1, 0.15) is 5.82 Å². The maximum absolute atomic E-state index is 9.59. The molecular weight excluding hydrogens is 623 g/mol. The van der Waals surface area contributed by atoms with E-state index in [1.54, 1.807) is 7.11 Å². The van der Waals surface area contributed by atoms with Crippen LogP contribution in [-0.2, 0) is 20.1 Å². The Kier molecular flexibility index (Phi) is 8.71. The van der Waals surface area contributed by atoms with E-state index in [4.69, 9.17) is 42.9 Å². The van der Waals surface area contributed by atoms with Gasteiger partial charge in [-0.25, -0.2) is 15.0 Å². The molecular formula is C35H36Cl2N6O3. The number of hydrogen-bond donors (Lipinski definition) is 4. The molecule has 4 N–H and O–H groups in total. The zero-order valence-electron chi connectivity index (χ0n) is 25.7. The molecule has 2 fully saturated rings. The predicted molar refractivity (Wildman–Crippen MR) is 181 cm³/mol. The van der Waals surface area contributed by atoms with Crippen molar-refractivity contribution in [2.24, 2.45) is 7.05 Å². The Bertz CT molecular complexity index is 1900. The summed E-state index contributed by atoms with van der Waals surface area (Å²) in [4.78, 5) is 14.5. The van der Waals surface area contributed by atoms with Gasteiger partial charge in [0.2, 0.25) is 5.88 Å². The summed E-state index contributed by atoms with van der Waals surface area (Å²) >= 11 is 14.2. The molecule has 3 heterocycles. The summed E-state index contributed by atoms with van der Waals surface area (Å²) in [5.41, 5.74) is 7.07. The van der Waals surface area contributed by atoms with E-state index in [0.29, 0.717) is 52.4 Å². The zero-order valence-corrected chi connectivity index (χ0v) is 27.2. The molecule has 0 unspecified atom stereocenters. The second kappa shape index (κ2) is 12.9. The highest BCUT2D eigenvalue weighted by molar-refractivity contribution is 6.39. The normalized spacial score (nSPS) is 20.8. The van der Waals surface area contributed by atoms with Crippen molar-refractivity contribution >= 4 is 34.4 Å². The fraction of sp³-hybridized carbons (Fsp3) is 0.343. The van der Waals surface area contributed by atoms with Gasteiger partial charge in [-0.3, -0.25) is 0 Å². The molecule has 9 nitrogen and oxygen atoms in total. The second-order valence-corrected chi connectivity index (χ2v) is 13.0. The van der Waals surface area contributed by atoms with Crippen LogP contribution in [0.2, 0.25) is 10.0 Å². The number of fused-ring (bicyclic) bond motifs is 1. The first-order valence-electron chi connectivity index (χ1n) is 15.6. The fourth-order valence-electron chi connectivity index (χ4n) is 6.23. The SMILES string of the molecule is COc1nc(-c2cccc(-c3cccc(-c4ccc5c(n4)nc(CN[C@H]4C[C@@H](O)C4)n5C)c3Cl)c2Cl)ccc1CN[C@H]1C[C@H](O)C1. The Labute approximate surface area is 277 Å². The Hall–Kier alpha value is -3.57. The van der Waals surface area contributed by atoms with Crippen molar-refractivity contribution in [1.82, 2.24) is 30.2 Å². The molecule has 3 aromatic heterocycles. The number of aliphatic hydroxyl groups is 2. The van der Waals surface area contributed by atoms with E-state index in [1.807, 2.05) is 72.3 Å². The van der Waals surface area contributed by atoms with Crippen LogP contribution in [0.15, 0.2) is 60.7 Å². The first-order valence-corrected chi connectivity index (χ1v) is 16.3. The monoisotopic (exact) mass is 658 g/mol. The first-order chi connectivity index (χ1) is 22.3. The van der Waals surface area contributed by atoms with Crippen LogP contribution in [0.5, 0.6) is 5.88 Å². The van der Waals surface area contributed by atoms with Crippen molar-refractivity contribution in [3.8, 4) is 39.5 Å². The van der Waals surface area contributed by atoms with Crippen LogP contribution in [0, 0.1) is 0 Å². The Morgan fingerprint density at radius 3 is 1.87 bits per heavy atom. The van der Waals surface area contributed by atoms with Crippen LogP contribution in [-0.4, -0.2) is 61.1 Å². The van der Waals surface area contributed by atoms with Gasteiger partial charge in [0.25, 0.3) is 0 Å². The number of aryl methyl sites for hydroxylation is 1. The standard InChI is InChI=1S/C35H36Cl2N6O3/c1-43-30-12-11-28(40-34(30)42-31(43)18-39-21-15-23(45)16-21)26-7-3-5-24(32(26)36)25-6-4-8-27(33(25)37)29-10-9-19(35(41-29)46-2)17-38-20-13-22(44)14-20/h3-12,20-23,38-39,44-45H,13-18H2,1-2H3/t20-,21-,22-,23+. The van der Waals surface area contributed by atoms with E-state index < -0.39 is 0 Å². The maximum Gasteiger partial charge on any atom is 0.218 e. The van der Waals surface area contributed by atoms with Crippen LogP contribution in [0.3, 0.4) is 0 Å². The second-order valence-electron chi connectivity index (χ2n) is 12.2. The van der Waals surface area contributed by atoms with E-state index in [-0.39, 0.29) is 12.2 Å². The van der Waals surface area contributed by atoms with Crippen LogP contribution in [0.1, 0.15) is 37.1 Å². The lowest BCUT2D eigenvalue weighted by molar-refractivity contribution is 0.0613. The number of rotatable bonds is 10. The summed E-state index contributed by atoms with van der Waals surface area (Å²) in [6.45, 7) is 1.21. The van der Waals surface area contributed by atoms with Gasteiger partial charge < -0.3 is 30.2 Å². The lowest BCUT2D eigenvalue weighted by Crippen LogP contribution is -2.44. The molecule has 0 amide bonds. The molecule has 0 saturated heterocycles. The summed E-state index contributed by atoms with van der Waals surface area (Å²) < 4.78 is 7.68. The molecule has 238 valence electrons. The van der Waals surface area contributed by atoms with E-state index in [0.717, 1.165) is 70.5 Å². The van der Waals surface area contributed by atoms with Gasteiger partial charge in [-0.2, -0.15) is 0 Å². The number of aliphatic hydroxyl groups excluding tert-OH is 2. The van der Waals surface area contributed by atoms with Gasteiger partial charge in [0.05, 0.1) is 52.8 Å². The van der Waals surface area contributed by atoms with Gasteiger partial charge in [-0.05, 0) is 43.9 Å². The number of methoxy groups -OCH3 is 1. The minimum Gasteiger partial charge on any atom is -0.481 e. The topological polar surface area (TPSA) is 117 Å². The average Bonchev–Trinajstić information content (AvgIpc) is 3.35. The lowest BCUT2D eigenvalue weighted by Gasteiger charge is -2.32. The van der Waals surface area contributed by atoms with Crippen molar-refractivity contribution in [2.75, 3.05) is 7.11 Å². The highest BCUT2D eigenvalue weighted by atomic mass is 35.5. The molecule has 0 aliphatic heterocycles. The molecule has 2 aliphatic rings. The summed E-state index contributed by atoms with van der Waals surface area (Å²) in [6.07, 6.45) is 2.67. The van der Waals surface area contributed by atoms with Crippen molar-refractivity contribution in [2.45, 2.75) is 63.1 Å². The number of pyridine rings is 2. The molecule has 0 radical (unpaired) electrons. The Morgan fingerprint density at radius 2 is 1.28 bits per heavy atom. The van der Waals surface area contributed by atoms with Gasteiger partial charge in [-0.1, -0.05) is 65.7 Å². The molecule has 2 aliphatic carbocycles. The summed E-state index contributed by atoms with van der Waals surface area (Å²) in [5, 5.41) is 27.2. The summed E-state index contributed by atoms with van der Waals surface area (Å²) in [7, 11) is 3.60. The molecule has 0 bridgehead atoms. The quantitative estimate of drug-likeness (QED) is 0.146. The van der Waals surface area contributed by atoms with Gasteiger partial charge in [-0.15, -0.1) is 0 Å². The number of nitrogens with zero attached hydrogens (tertiary/aromatic N) is 4. The van der Waals surface area contributed by atoms with Crippen LogP contribution >= 0.6 is 23.2 Å². The lowest BCUT2D eigenvalue weighted by atomic mass is 9.89. The first kappa shape index (κ1) is 31.1. The molecule has 2 saturated carbocycles. The number of ether oxygens (including phenoxy) is 1. The van der Waals surface area contributed by atoms with Gasteiger partial charge >= 0.3 is 0 Å². The van der Waals surface area contributed by atoms with Crippen LogP contribution in [0.25, 0.3) is 44.8 Å². The van der Waals surface area contributed by atoms with E-state index in [1.165, 1.54) is 0 Å². The number of imidazole rings is 1. The largest absolute Gasteiger partial charge is 0.481 e. The van der Waals surface area contributed by atoms with Crippen molar-refractivity contribution < 1.29 is 14.9 Å². The predicted octanol–water partition coefficient (Wildman–Crippen LogP) is 5.91. The number of benzene rings is 2. The van der Waals surface area contributed by atoms with Gasteiger partial charge in [0.15, 0.2) is 5.65 Å². The zero-order chi connectivity index (χ0) is 31.9. The smallest absolute Gasteiger partial charge is 0.218 e. The highest BCUT2D eigenvalue weighted by Gasteiger charge is 2.28. The van der Waals surface area contributed by atoms with E-state index in [2.05, 4.69) is 10.6 Å². The van der Waals surface area contributed by atoms with E-state index in [9.17, 15) is 10.2 Å². The Morgan fingerprint density at radius 1 is 0.739 bits per heavy atom. The van der Waals surface area contributed by atoms with Crippen LogP contribution < -0.4 is 15.4 Å². The summed E-state index contributed by atoms with van der Waals surface area (Å²) in [6, 6.07) is 20.3. The number of hydrogen-bond acceptors (Lipinski definition) is 8. The molecule has 0 spiro atoms. The molecule has 46 heavy (non-hydrogen) atoms. The number of aromatic nitrogens is 4. The van der Waals surface area contributed by atoms with Crippen molar-refractivity contribution in [3.05, 3.63) is 82.1 Å². The number of nitrogens with one attached hydrogen (secondary N) is 2. The Balaban J connectivity index is 1.15. The molecule has 0 atom stereocenters.